The normalized spacial score (nSPS) is 13.6. The van der Waals surface area contributed by atoms with Crippen LogP contribution in [-0.4, -0.2) is 44.4 Å². The topological polar surface area (TPSA) is 89.2 Å². The van der Waals surface area contributed by atoms with Crippen LogP contribution in [0.25, 0.3) is 11.3 Å². The maximum Gasteiger partial charge on any atom is 0.289 e. The average Bonchev–Trinajstić information content (AvgIpc) is 3.51. The summed E-state index contributed by atoms with van der Waals surface area (Å²) in [7, 11) is 1.65. The first-order valence-corrected chi connectivity index (χ1v) is 11.1. The number of hydrogen-bond donors (Lipinski definition) is 1. The Morgan fingerprint density at radius 2 is 1.97 bits per heavy atom. The molecule has 1 aromatic carbocycles. The number of benzene rings is 1. The monoisotopic (exact) mass is 445 g/mol. The number of furan rings is 1. The Bertz CT molecular complexity index is 1260. The van der Waals surface area contributed by atoms with Gasteiger partial charge in [0, 0.05) is 36.3 Å². The molecule has 0 saturated heterocycles. The number of H-pyrrole nitrogens is 1. The summed E-state index contributed by atoms with van der Waals surface area (Å²) < 4.78 is 13.2. The minimum absolute atomic E-state index is 0.0949. The number of amides is 1. The highest BCUT2D eigenvalue weighted by Gasteiger charge is 2.24. The first-order valence-electron chi connectivity index (χ1n) is 11.1. The number of aromatic amines is 1. The second-order valence-electron chi connectivity index (χ2n) is 8.41. The molecule has 0 fully saturated rings. The van der Waals surface area contributed by atoms with Crippen LogP contribution in [0.5, 0.6) is 5.75 Å². The van der Waals surface area contributed by atoms with Gasteiger partial charge in [-0.1, -0.05) is 0 Å². The van der Waals surface area contributed by atoms with Gasteiger partial charge in [0.05, 0.1) is 30.7 Å². The molecule has 1 aliphatic rings. The third-order valence-corrected chi connectivity index (χ3v) is 6.19. The van der Waals surface area contributed by atoms with Crippen LogP contribution in [0.1, 0.15) is 45.4 Å². The second-order valence-corrected chi connectivity index (χ2v) is 8.41. The molecule has 0 saturated carbocycles. The molecule has 1 aliphatic heterocycles. The van der Waals surface area contributed by atoms with Crippen molar-refractivity contribution in [2.75, 3.05) is 13.7 Å². The highest BCUT2D eigenvalue weighted by Crippen LogP contribution is 2.25. The molecule has 0 spiro atoms. The number of carbonyl (C=O) groups is 1. The second kappa shape index (κ2) is 8.61. The fraction of sp³-hybridized carbons (Fsp3) is 0.320. The standard InChI is InChI=1S/C25H27N5O3/c1-16-22(17(2)27-26-16)14-21-9-10-24(33-21)25(31)29-11-4-12-30-19(15-29)13-23(28-30)18-5-7-20(32-3)8-6-18/h5-10,13H,4,11-12,14-15H2,1-3H3,(H,26,27). The van der Waals surface area contributed by atoms with E-state index in [0.29, 0.717) is 25.3 Å². The van der Waals surface area contributed by atoms with Crippen molar-refractivity contribution in [1.82, 2.24) is 24.9 Å². The van der Waals surface area contributed by atoms with Crippen LogP contribution in [0.2, 0.25) is 0 Å². The van der Waals surface area contributed by atoms with E-state index in [0.717, 1.165) is 58.4 Å². The number of fused-ring (bicyclic) bond motifs is 1. The van der Waals surface area contributed by atoms with Gasteiger partial charge in [-0.25, -0.2) is 0 Å². The summed E-state index contributed by atoms with van der Waals surface area (Å²) >= 11 is 0. The number of methoxy groups -OCH3 is 1. The van der Waals surface area contributed by atoms with E-state index in [4.69, 9.17) is 14.3 Å². The minimum atomic E-state index is -0.0949. The van der Waals surface area contributed by atoms with Crippen molar-refractivity contribution in [1.29, 1.82) is 0 Å². The van der Waals surface area contributed by atoms with E-state index >= 15 is 0 Å². The van der Waals surface area contributed by atoms with Crippen molar-refractivity contribution in [2.24, 2.45) is 0 Å². The first-order chi connectivity index (χ1) is 16.0. The van der Waals surface area contributed by atoms with E-state index in [1.54, 1.807) is 13.2 Å². The molecule has 8 heteroatoms. The smallest absolute Gasteiger partial charge is 0.289 e. The van der Waals surface area contributed by atoms with Gasteiger partial charge in [-0.05, 0) is 62.7 Å². The van der Waals surface area contributed by atoms with E-state index in [1.807, 2.05) is 53.8 Å². The largest absolute Gasteiger partial charge is 0.497 e. The third-order valence-electron chi connectivity index (χ3n) is 6.19. The molecule has 1 amide bonds. The SMILES string of the molecule is COc1ccc(-c2cc3n(n2)CCCN(C(=O)c2ccc(Cc4c(C)n[nH]c4C)o2)C3)cc1. The predicted octanol–water partition coefficient (Wildman–Crippen LogP) is 4.13. The predicted molar refractivity (Wildman–Crippen MR) is 123 cm³/mol. The highest BCUT2D eigenvalue weighted by molar-refractivity contribution is 5.91. The fourth-order valence-corrected chi connectivity index (χ4v) is 4.29. The van der Waals surface area contributed by atoms with Gasteiger partial charge in [0.15, 0.2) is 5.76 Å². The number of hydrogen-bond acceptors (Lipinski definition) is 5. The molecule has 170 valence electrons. The Balaban J connectivity index is 1.32. The van der Waals surface area contributed by atoms with Crippen molar-refractivity contribution < 1.29 is 13.9 Å². The Hall–Kier alpha value is -3.81. The molecule has 4 aromatic rings. The molecule has 5 rings (SSSR count). The number of nitrogens with zero attached hydrogens (tertiary/aromatic N) is 4. The van der Waals surface area contributed by atoms with E-state index in [-0.39, 0.29) is 5.91 Å². The number of aryl methyl sites for hydroxylation is 3. The Labute approximate surface area is 192 Å². The Kier molecular flexibility index (Phi) is 5.50. The third kappa shape index (κ3) is 4.16. The van der Waals surface area contributed by atoms with Crippen LogP contribution in [0.15, 0.2) is 46.9 Å². The van der Waals surface area contributed by atoms with Gasteiger partial charge in [-0.3, -0.25) is 14.6 Å². The maximum absolute atomic E-state index is 13.2. The summed E-state index contributed by atoms with van der Waals surface area (Å²) in [5.41, 5.74) is 6.01. The van der Waals surface area contributed by atoms with Crippen molar-refractivity contribution in [2.45, 2.75) is 39.8 Å². The lowest BCUT2D eigenvalue weighted by atomic mass is 10.1. The minimum Gasteiger partial charge on any atom is -0.497 e. The molecular weight excluding hydrogens is 418 g/mol. The number of carbonyl (C=O) groups excluding carboxylic acids is 1. The van der Waals surface area contributed by atoms with Gasteiger partial charge < -0.3 is 14.1 Å². The lowest BCUT2D eigenvalue weighted by Crippen LogP contribution is -2.30. The molecule has 0 unspecified atom stereocenters. The summed E-state index contributed by atoms with van der Waals surface area (Å²) in [5, 5.41) is 12.0. The molecule has 4 heterocycles. The van der Waals surface area contributed by atoms with Gasteiger partial charge >= 0.3 is 0 Å². The van der Waals surface area contributed by atoms with Gasteiger partial charge in [-0.2, -0.15) is 10.2 Å². The first kappa shape index (κ1) is 21.1. The molecular formula is C25H27N5O3. The zero-order valence-corrected chi connectivity index (χ0v) is 19.1. The average molecular weight is 446 g/mol. The number of aromatic nitrogens is 4. The fourth-order valence-electron chi connectivity index (χ4n) is 4.29. The quantitative estimate of drug-likeness (QED) is 0.499. The molecule has 3 aromatic heterocycles. The van der Waals surface area contributed by atoms with Crippen LogP contribution in [0, 0.1) is 13.8 Å². The highest BCUT2D eigenvalue weighted by atomic mass is 16.5. The number of nitrogens with one attached hydrogen (secondary N) is 1. The number of ether oxygens (including phenoxy) is 1. The lowest BCUT2D eigenvalue weighted by molar-refractivity contribution is 0.0712. The summed E-state index contributed by atoms with van der Waals surface area (Å²) in [6, 6.07) is 13.6. The zero-order chi connectivity index (χ0) is 22.9. The van der Waals surface area contributed by atoms with Crippen molar-refractivity contribution in [3.8, 4) is 17.0 Å². The molecule has 1 N–H and O–H groups in total. The molecule has 0 atom stereocenters. The van der Waals surface area contributed by atoms with Crippen molar-refractivity contribution in [3.63, 3.8) is 0 Å². The van der Waals surface area contributed by atoms with E-state index in [9.17, 15) is 4.79 Å². The van der Waals surface area contributed by atoms with Gasteiger partial charge in [0.1, 0.15) is 11.5 Å². The van der Waals surface area contributed by atoms with Gasteiger partial charge in [-0.15, -0.1) is 0 Å². The van der Waals surface area contributed by atoms with Crippen LogP contribution in [0.3, 0.4) is 0 Å². The van der Waals surface area contributed by atoms with Crippen LogP contribution >= 0.6 is 0 Å². The Morgan fingerprint density at radius 1 is 1.15 bits per heavy atom. The molecule has 0 bridgehead atoms. The van der Waals surface area contributed by atoms with Crippen molar-refractivity contribution in [3.05, 3.63) is 76.6 Å². The van der Waals surface area contributed by atoms with Crippen LogP contribution in [0.4, 0.5) is 0 Å². The molecule has 0 aliphatic carbocycles. The molecule has 8 nitrogen and oxygen atoms in total. The lowest BCUT2D eigenvalue weighted by Gasteiger charge is -2.18. The van der Waals surface area contributed by atoms with E-state index in [1.165, 1.54) is 0 Å². The van der Waals surface area contributed by atoms with E-state index < -0.39 is 0 Å². The van der Waals surface area contributed by atoms with Crippen LogP contribution < -0.4 is 4.74 Å². The number of rotatable bonds is 5. The summed E-state index contributed by atoms with van der Waals surface area (Å²) in [4.78, 5) is 15.1. The Morgan fingerprint density at radius 3 is 2.70 bits per heavy atom. The van der Waals surface area contributed by atoms with E-state index in [2.05, 4.69) is 16.3 Å². The van der Waals surface area contributed by atoms with Crippen molar-refractivity contribution >= 4 is 5.91 Å². The summed E-state index contributed by atoms with van der Waals surface area (Å²) in [5.74, 6) is 1.84. The molecule has 33 heavy (non-hydrogen) atoms. The zero-order valence-electron chi connectivity index (χ0n) is 19.1. The summed E-state index contributed by atoms with van der Waals surface area (Å²) in [6.45, 7) is 5.89. The van der Waals surface area contributed by atoms with Crippen LogP contribution in [-0.2, 0) is 19.5 Å². The summed E-state index contributed by atoms with van der Waals surface area (Å²) in [6.07, 6.45) is 1.45. The van der Waals surface area contributed by atoms with Gasteiger partial charge in [0.2, 0.25) is 0 Å². The maximum atomic E-state index is 13.2. The van der Waals surface area contributed by atoms with Gasteiger partial charge in [0.25, 0.3) is 5.91 Å². The molecule has 0 radical (unpaired) electrons.